The van der Waals surface area contributed by atoms with Crippen molar-refractivity contribution in [2.75, 3.05) is 17.2 Å². The van der Waals surface area contributed by atoms with Gasteiger partial charge in [-0.05, 0) is 69.4 Å². The van der Waals surface area contributed by atoms with Crippen LogP contribution in [-0.4, -0.2) is 18.4 Å². The van der Waals surface area contributed by atoms with Gasteiger partial charge < -0.3 is 15.4 Å². The zero-order chi connectivity index (χ0) is 22.5. The van der Waals surface area contributed by atoms with Crippen molar-refractivity contribution in [1.82, 2.24) is 0 Å². The zero-order valence-corrected chi connectivity index (χ0v) is 19.3. The second kappa shape index (κ2) is 10.0. The van der Waals surface area contributed by atoms with Crippen LogP contribution in [-0.2, 0) is 12.8 Å². The van der Waals surface area contributed by atoms with Crippen molar-refractivity contribution in [3.8, 4) is 5.75 Å². The number of amides is 2. The Balaban J connectivity index is 1.67. The van der Waals surface area contributed by atoms with E-state index in [0.29, 0.717) is 34.2 Å². The number of anilines is 2. The number of hydrogen-bond donors (Lipinski definition) is 2. The van der Waals surface area contributed by atoms with Gasteiger partial charge in [0.15, 0.2) is 0 Å². The van der Waals surface area contributed by atoms with E-state index in [2.05, 4.69) is 10.6 Å². The van der Waals surface area contributed by atoms with E-state index in [9.17, 15) is 9.59 Å². The monoisotopic (exact) mass is 448 g/mol. The van der Waals surface area contributed by atoms with Crippen LogP contribution in [0.5, 0.6) is 5.75 Å². The molecular weight excluding hydrogens is 420 g/mol. The van der Waals surface area contributed by atoms with Crippen molar-refractivity contribution < 1.29 is 14.3 Å². The van der Waals surface area contributed by atoms with Gasteiger partial charge in [-0.25, -0.2) is 0 Å². The molecule has 6 heteroatoms. The number of thiophene rings is 1. The van der Waals surface area contributed by atoms with Crippen LogP contribution in [0.2, 0.25) is 0 Å². The lowest BCUT2D eigenvalue weighted by molar-refractivity contribution is 0.102. The maximum absolute atomic E-state index is 13.5. The van der Waals surface area contributed by atoms with Gasteiger partial charge in [-0.15, -0.1) is 11.3 Å². The lowest BCUT2D eigenvalue weighted by atomic mass is 10.0. The van der Waals surface area contributed by atoms with Gasteiger partial charge in [0.1, 0.15) is 10.8 Å². The molecule has 1 heterocycles. The standard InChI is InChI=1S/C26H28N2O3S/c1-3-31-21-11-8-7-10-20(21)27-25(30)23-19-9-5-4-6-12-22(19)32-26(23)28-24(29)18-15-13-17(2)14-16-18/h7-8,10-11,13-16H,3-6,9,12H2,1-2H3,(H,27,30)(H,28,29). The topological polar surface area (TPSA) is 67.4 Å². The first kappa shape index (κ1) is 22.1. The number of fused-ring (bicyclic) bond motifs is 1. The van der Waals surface area contributed by atoms with Crippen LogP contribution in [0.15, 0.2) is 48.5 Å². The van der Waals surface area contributed by atoms with E-state index < -0.39 is 0 Å². The fourth-order valence-corrected chi connectivity index (χ4v) is 5.27. The third-order valence-electron chi connectivity index (χ3n) is 5.62. The molecule has 0 saturated carbocycles. The summed E-state index contributed by atoms with van der Waals surface area (Å²) in [6, 6.07) is 14.9. The average molecular weight is 449 g/mol. The van der Waals surface area contributed by atoms with E-state index in [1.54, 1.807) is 12.1 Å². The number of benzene rings is 2. The lowest BCUT2D eigenvalue weighted by Gasteiger charge is -2.13. The highest BCUT2D eigenvalue weighted by molar-refractivity contribution is 7.17. The summed E-state index contributed by atoms with van der Waals surface area (Å²) in [6.07, 6.45) is 5.09. The minimum atomic E-state index is -0.212. The average Bonchev–Trinajstić information content (AvgIpc) is 2.96. The van der Waals surface area contributed by atoms with Crippen LogP contribution < -0.4 is 15.4 Å². The molecule has 0 fully saturated rings. The van der Waals surface area contributed by atoms with Gasteiger partial charge in [0.2, 0.25) is 0 Å². The van der Waals surface area contributed by atoms with Crippen LogP contribution >= 0.6 is 11.3 Å². The number of aryl methyl sites for hydroxylation is 2. The molecule has 1 aliphatic carbocycles. The van der Waals surface area contributed by atoms with Crippen LogP contribution in [0, 0.1) is 6.92 Å². The maximum atomic E-state index is 13.5. The Morgan fingerprint density at radius 3 is 2.47 bits per heavy atom. The highest BCUT2D eigenvalue weighted by atomic mass is 32.1. The first-order chi connectivity index (χ1) is 15.6. The smallest absolute Gasteiger partial charge is 0.259 e. The molecule has 0 radical (unpaired) electrons. The SMILES string of the molecule is CCOc1ccccc1NC(=O)c1c(NC(=O)c2ccc(C)cc2)sc2c1CCCCC2. The Kier molecular flexibility index (Phi) is 6.90. The number of carbonyl (C=O) groups excluding carboxylic acids is 2. The number of nitrogens with one attached hydrogen (secondary N) is 2. The van der Waals surface area contributed by atoms with Gasteiger partial charge in [-0.3, -0.25) is 9.59 Å². The van der Waals surface area contributed by atoms with E-state index in [1.807, 2.05) is 50.2 Å². The number of carbonyl (C=O) groups is 2. The van der Waals surface area contributed by atoms with Gasteiger partial charge in [-0.2, -0.15) is 0 Å². The Hall–Kier alpha value is -3.12. The van der Waals surface area contributed by atoms with Crippen LogP contribution in [0.4, 0.5) is 10.7 Å². The first-order valence-corrected chi connectivity index (χ1v) is 11.9. The van der Waals surface area contributed by atoms with E-state index in [-0.39, 0.29) is 11.8 Å². The summed E-state index contributed by atoms with van der Waals surface area (Å²) >= 11 is 1.53. The molecule has 0 saturated heterocycles. The van der Waals surface area contributed by atoms with Gasteiger partial charge >= 0.3 is 0 Å². The summed E-state index contributed by atoms with van der Waals surface area (Å²) in [6.45, 7) is 4.41. The van der Waals surface area contributed by atoms with Crippen molar-refractivity contribution in [3.05, 3.63) is 75.7 Å². The van der Waals surface area contributed by atoms with Crippen LogP contribution in [0.1, 0.15) is 62.9 Å². The Morgan fingerprint density at radius 1 is 0.938 bits per heavy atom. The van der Waals surface area contributed by atoms with E-state index in [0.717, 1.165) is 43.2 Å². The van der Waals surface area contributed by atoms with Gasteiger partial charge in [-0.1, -0.05) is 36.2 Å². The van der Waals surface area contributed by atoms with Crippen LogP contribution in [0.3, 0.4) is 0 Å². The largest absolute Gasteiger partial charge is 0.492 e. The second-order valence-corrected chi connectivity index (χ2v) is 9.08. The zero-order valence-electron chi connectivity index (χ0n) is 18.5. The molecule has 4 rings (SSSR count). The minimum absolute atomic E-state index is 0.204. The molecule has 5 nitrogen and oxygen atoms in total. The van der Waals surface area contributed by atoms with Gasteiger partial charge in [0.25, 0.3) is 11.8 Å². The summed E-state index contributed by atoms with van der Waals surface area (Å²) in [5.41, 5.74) is 3.95. The molecule has 0 spiro atoms. The second-order valence-electron chi connectivity index (χ2n) is 7.97. The highest BCUT2D eigenvalue weighted by Crippen LogP contribution is 2.38. The maximum Gasteiger partial charge on any atom is 0.259 e. The quantitative estimate of drug-likeness (QED) is 0.439. The fourth-order valence-electron chi connectivity index (χ4n) is 3.99. The summed E-state index contributed by atoms with van der Waals surface area (Å²) in [7, 11) is 0. The summed E-state index contributed by atoms with van der Waals surface area (Å²) in [5.74, 6) is 0.218. The summed E-state index contributed by atoms with van der Waals surface area (Å²) < 4.78 is 5.67. The lowest BCUT2D eigenvalue weighted by Crippen LogP contribution is -2.18. The molecule has 0 bridgehead atoms. The molecule has 0 unspecified atom stereocenters. The molecule has 0 atom stereocenters. The molecule has 1 aromatic heterocycles. The summed E-state index contributed by atoms with van der Waals surface area (Å²) in [5, 5.41) is 6.66. The molecule has 0 aliphatic heterocycles. The molecule has 2 aromatic carbocycles. The van der Waals surface area contributed by atoms with Crippen LogP contribution in [0.25, 0.3) is 0 Å². The van der Waals surface area contributed by atoms with E-state index >= 15 is 0 Å². The van der Waals surface area contributed by atoms with Gasteiger partial charge in [0.05, 0.1) is 17.9 Å². The fraction of sp³-hybridized carbons (Fsp3) is 0.308. The number of rotatable bonds is 6. The molecule has 32 heavy (non-hydrogen) atoms. The highest BCUT2D eigenvalue weighted by Gasteiger charge is 2.26. The number of hydrogen-bond acceptors (Lipinski definition) is 4. The van der Waals surface area contributed by atoms with Crippen molar-refractivity contribution in [2.45, 2.75) is 46.0 Å². The first-order valence-electron chi connectivity index (χ1n) is 11.1. The number of ether oxygens (including phenoxy) is 1. The van der Waals surface area contributed by atoms with Crippen molar-refractivity contribution in [3.63, 3.8) is 0 Å². The summed E-state index contributed by atoms with van der Waals surface area (Å²) in [4.78, 5) is 27.6. The minimum Gasteiger partial charge on any atom is -0.492 e. The van der Waals surface area contributed by atoms with Crippen molar-refractivity contribution >= 4 is 33.8 Å². The predicted molar refractivity (Wildman–Crippen MR) is 130 cm³/mol. The Morgan fingerprint density at radius 2 is 1.69 bits per heavy atom. The van der Waals surface area contributed by atoms with E-state index in [1.165, 1.54) is 16.2 Å². The third-order valence-corrected chi connectivity index (χ3v) is 6.83. The van der Waals surface area contributed by atoms with Crippen molar-refractivity contribution in [1.29, 1.82) is 0 Å². The molecule has 1 aliphatic rings. The van der Waals surface area contributed by atoms with E-state index in [4.69, 9.17) is 4.74 Å². The molecule has 166 valence electrons. The molecular formula is C26H28N2O3S. The normalized spacial score (nSPS) is 13.1. The molecule has 2 N–H and O–H groups in total. The third kappa shape index (κ3) is 4.86. The van der Waals surface area contributed by atoms with Gasteiger partial charge in [0, 0.05) is 10.4 Å². The Labute approximate surface area is 192 Å². The molecule has 3 aromatic rings. The Bertz CT molecular complexity index is 1120. The predicted octanol–water partition coefficient (Wildman–Crippen LogP) is 6.23. The number of para-hydroxylation sites is 2. The van der Waals surface area contributed by atoms with Crippen molar-refractivity contribution in [2.24, 2.45) is 0 Å². The molecule has 2 amide bonds.